The summed E-state index contributed by atoms with van der Waals surface area (Å²) in [5, 5.41) is 6.68. The second-order valence-electron chi connectivity index (χ2n) is 7.56. The summed E-state index contributed by atoms with van der Waals surface area (Å²) in [5.74, 6) is -0.0697. The molecule has 0 saturated heterocycles. The number of fused-ring (bicyclic) bond motifs is 1. The van der Waals surface area contributed by atoms with Gasteiger partial charge in [-0.3, -0.25) is 4.79 Å². The highest BCUT2D eigenvalue weighted by molar-refractivity contribution is 5.97. The molecule has 2 aromatic carbocycles. The van der Waals surface area contributed by atoms with Crippen LogP contribution in [0.5, 0.6) is 0 Å². The summed E-state index contributed by atoms with van der Waals surface area (Å²) >= 11 is 0. The lowest BCUT2D eigenvalue weighted by molar-refractivity contribution is -0.118. The Hall–Kier alpha value is -3.28. The van der Waals surface area contributed by atoms with E-state index < -0.39 is 12.1 Å². The SMILES string of the molecule is Cc1ccccc1NC(=O)[C@@H](Cc1c[nH]c2ccccc12)NC(=O)OCC(C)C. The largest absolute Gasteiger partial charge is 0.449 e. The average Bonchev–Trinajstić information content (AvgIpc) is 3.10. The molecule has 1 aromatic heterocycles. The number of ether oxygens (including phenoxy) is 1. The number of nitrogens with one attached hydrogen (secondary N) is 3. The zero-order valence-electron chi connectivity index (χ0n) is 17.0. The smallest absolute Gasteiger partial charge is 0.407 e. The van der Waals surface area contributed by atoms with Crippen LogP contribution in [-0.2, 0) is 16.0 Å². The van der Waals surface area contributed by atoms with E-state index in [4.69, 9.17) is 4.74 Å². The molecule has 6 heteroatoms. The van der Waals surface area contributed by atoms with Crippen LogP contribution >= 0.6 is 0 Å². The zero-order valence-corrected chi connectivity index (χ0v) is 17.0. The first-order valence-electron chi connectivity index (χ1n) is 9.79. The number of carbonyl (C=O) groups is 2. The van der Waals surface area contributed by atoms with Crippen molar-refractivity contribution >= 4 is 28.6 Å². The van der Waals surface area contributed by atoms with Crippen molar-refractivity contribution in [2.24, 2.45) is 5.92 Å². The minimum atomic E-state index is -0.770. The number of carbonyl (C=O) groups excluding carboxylic acids is 2. The molecular weight excluding hydrogens is 366 g/mol. The molecule has 0 aliphatic heterocycles. The Balaban J connectivity index is 1.79. The fourth-order valence-corrected chi connectivity index (χ4v) is 3.09. The van der Waals surface area contributed by atoms with Gasteiger partial charge in [0.2, 0.25) is 5.91 Å². The maximum atomic E-state index is 13.0. The molecule has 6 nitrogen and oxygen atoms in total. The number of amides is 2. The maximum absolute atomic E-state index is 13.0. The topological polar surface area (TPSA) is 83.2 Å². The molecule has 0 unspecified atom stereocenters. The van der Waals surface area contributed by atoms with Crippen molar-refractivity contribution in [2.75, 3.05) is 11.9 Å². The molecule has 3 rings (SSSR count). The molecule has 0 saturated carbocycles. The number of aromatic amines is 1. The number of para-hydroxylation sites is 2. The molecule has 1 heterocycles. The Morgan fingerprint density at radius 3 is 2.55 bits per heavy atom. The molecule has 29 heavy (non-hydrogen) atoms. The summed E-state index contributed by atoms with van der Waals surface area (Å²) in [7, 11) is 0. The number of aryl methyl sites for hydroxylation is 1. The monoisotopic (exact) mass is 393 g/mol. The van der Waals surface area contributed by atoms with Gasteiger partial charge in [-0.2, -0.15) is 0 Å². The summed E-state index contributed by atoms with van der Waals surface area (Å²) < 4.78 is 5.23. The van der Waals surface area contributed by atoms with Gasteiger partial charge in [0.15, 0.2) is 0 Å². The normalized spacial score (nSPS) is 12.0. The standard InChI is InChI=1S/C23H27N3O3/c1-15(2)14-29-23(28)26-21(22(27)25-19-10-6-4-8-16(19)3)12-17-13-24-20-11-7-5-9-18(17)20/h4-11,13,15,21,24H,12,14H2,1-3H3,(H,25,27)(H,26,28)/t21-/m1/s1. The maximum Gasteiger partial charge on any atom is 0.407 e. The molecule has 1 atom stereocenters. The van der Waals surface area contributed by atoms with E-state index in [1.807, 2.05) is 75.5 Å². The van der Waals surface area contributed by atoms with Gasteiger partial charge in [0.25, 0.3) is 0 Å². The Labute approximate surface area is 170 Å². The molecule has 0 radical (unpaired) electrons. The molecular formula is C23H27N3O3. The molecule has 2 amide bonds. The number of benzene rings is 2. The van der Waals surface area contributed by atoms with Crippen LogP contribution in [0.15, 0.2) is 54.7 Å². The van der Waals surface area contributed by atoms with Gasteiger partial charge in [0.1, 0.15) is 6.04 Å². The Morgan fingerprint density at radius 2 is 1.79 bits per heavy atom. The van der Waals surface area contributed by atoms with Crippen LogP contribution in [0.1, 0.15) is 25.0 Å². The van der Waals surface area contributed by atoms with Crippen molar-refractivity contribution in [3.05, 3.63) is 65.9 Å². The molecule has 0 aliphatic carbocycles. The average molecular weight is 393 g/mol. The van der Waals surface area contributed by atoms with Gasteiger partial charge in [-0.1, -0.05) is 50.2 Å². The van der Waals surface area contributed by atoms with Crippen molar-refractivity contribution in [3.8, 4) is 0 Å². The Morgan fingerprint density at radius 1 is 1.07 bits per heavy atom. The number of rotatable bonds is 7. The lowest BCUT2D eigenvalue weighted by atomic mass is 10.0. The van der Waals surface area contributed by atoms with Crippen LogP contribution in [0.2, 0.25) is 0 Å². The first-order valence-corrected chi connectivity index (χ1v) is 9.79. The third-order valence-corrected chi connectivity index (χ3v) is 4.66. The number of hydrogen-bond donors (Lipinski definition) is 3. The molecule has 0 aliphatic rings. The molecule has 3 N–H and O–H groups in total. The third-order valence-electron chi connectivity index (χ3n) is 4.66. The predicted molar refractivity (Wildman–Crippen MR) is 115 cm³/mol. The van der Waals surface area contributed by atoms with Crippen molar-refractivity contribution in [1.82, 2.24) is 10.3 Å². The van der Waals surface area contributed by atoms with Gasteiger partial charge in [0.05, 0.1) is 6.61 Å². The molecule has 152 valence electrons. The van der Waals surface area contributed by atoms with E-state index in [9.17, 15) is 9.59 Å². The molecule has 0 fully saturated rings. The van der Waals surface area contributed by atoms with E-state index >= 15 is 0 Å². The second kappa shape index (κ2) is 9.28. The number of alkyl carbamates (subject to hydrolysis) is 1. The van der Waals surface area contributed by atoms with Crippen molar-refractivity contribution in [3.63, 3.8) is 0 Å². The first-order chi connectivity index (χ1) is 13.9. The Bertz CT molecular complexity index is 994. The van der Waals surface area contributed by atoms with E-state index in [0.29, 0.717) is 13.0 Å². The highest BCUT2D eigenvalue weighted by Crippen LogP contribution is 2.20. The summed E-state index contributed by atoms with van der Waals surface area (Å²) in [6.45, 7) is 6.14. The number of hydrogen-bond acceptors (Lipinski definition) is 3. The minimum absolute atomic E-state index is 0.216. The number of H-pyrrole nitrogens is 1. The molecule has 0 spiro atoms. The summed E-state index contributed by atoms with van der Waals surface area (Å²) in [5.41, 5.74) is 3.62. The second-order valence-corrected chi connectivity index (χ2v) is 7.56. The Kier molecular flexibility index (Phi) is 6.54. The van der Waals surface area contributed by atoms with Crippen LogP contribution < -0.4 is 10.6 Å². The van der Waals surface area contributed by atoms with E-state index in [0.717, 1.165) is 27.7 Å². The minimum Gasteiger partial charge on any atom is -0.449 e. The quantitative estimate of drug-likeness (QED) is 0.556. The van der Waals surface area contributed by atoms with E-state index in [2.05, 4.69) is 15.6 Å². The highest BCUT2D eigenvalue weighted by Gasteiger charge is 2.24. The van der Waals surface area contributed by atoms with E-state index in [1.165, 1.54) is 0 Å². The van der Waals surface area contributed by atoms with Crippen LogP contribution in [0, 0.1) is 12.8 Å². The van der Waals surface area contributed by atoms with Gasteiger partial charge >= 0.3 is 6.09 Å². The van der Waals surface area contributed by atoms with Gasteiger partial charge in [0, 0.05) is 29.2 Å². The molecule has 0 bridgehead atoms. The number of aromatic nitrogens is 1. The van der Waals surface area contributed by atoms with Gasteiger partial charge in [-0.25, -0.2) is 4.79 Å². The summed E-state index contributed by atoms with van der Waals surface area (Å²) in [4.78, 5) is 28.5. The van der Waals surface area contributed by atoms with Gasteiger partial charge in [-0.05, 0) is 36.1 Å². The zero-order chi connectivity index (χ0) is 20.8. The van der Waals surface area contributed by atoms with Crippen LogP contribution in [0.25, 0.3) is 10.9 Å². The third kappa shape index (κ3) is 5.38. The van der Waals surface area contributed by atoms with Crippen LogP contribution in [0.3, 0.4) is 0 Å². The van der Waals surface area contributed by atoms with Crippen LogP contribution in [-0.4, -0.2) is 29.6 Å². The van der Waals surface area contributed by atoms with Gasteiger partial charge in [-0.15, -0.1) is 0 Å². The summed E-state index contributed by atoms with van der Waals surface area (Å²) in [6.07, 6.45) is 1.63. The lowest BCUT2D eigenvalue weighted by Gasteiger charge is -2.19. The van der Waals surface area contributed by atoms with E-state index in [-0.39, 0.29) is 11.8 Å². The van der Waals surface area contributed by atoms with Crippen molar-refractivity contribution < 1.29 is 14.3 Å². The van der Waals surface area contributed by atoms with Crippen molar-refractivity contribution in [2.45, 2.75) is 33.2 Å². The van der Waals surface area contributed by atoms with Crippen LogP contribution in [0.4, 0.5) is 10.5 Å². The number of anilines is 1. The lowest BCUT2D eigenvalue weighted by Crippen LogP contribution is -2.45. The van der Waals surface area contributed by atoms with Crippen molar-refractivity contribution in [1.29, 1.82) is 0 Å². The fourth-order valence-electron chi connectivity index (χ4n) is 3.09. The molecule has 3 aromatic rings. The summed E-state index contributed by atoms with van der Waals surface area (Å²) in [6, 6.07) is 14.6. The van der Waals surface area contributed by atoms with E-state index in [1.54, 1.807) is 0 Å². The fraction of sp³-hybridized carbons (Fsp3) is 0.304. The van der Waals surface area contributed by atoms with Gasteiger partial charge < -0.3 is 20.4 Å². The predicted octanol–water partition coefficient (Wildman–Crippen LogP) is 4.41. The highest BCUT2D eigenvalue weighted by atomic mass is 16.5. The first kappa shape index (κ1) is 20.5.